The minimum absolute atomic E-state index is 0.503. The maximum absolute atomic E-state index is 6.03. The van der Waals surface area contributed by atoms with Gasteiger partial charge in [-0.25, -0.2) is 0 Å². The lowest BCUT2D eigenvalue weighted by atomic mass is 10.2. The lowest BCUT2D eigenvalue weighted by Gasteiger charge is -2.08. The van der Waals surface area contributed by atoms with Gasteiger partial charge in [-0.2, -0.15) is 0 Å². The average Bonchev–Trinajstić information content (AvgIpc) is 2.32. The van der Waals surface area contributed by atoms with Gasteiger partial charge in [0.1, 0.15) is 12.4 Å². The zero-order chi connectivity index (χ0) is 12.3. The second-order valence-electron chi connectivity index (χ2n) is 3.49. The molecule has 0 N–H and O–H groups in total. The van der Waals surface area contributed by atoms with Crippen LogP contribution in [-0.2, 0) is 6.61 Å². The van der Waals surface area contributed by atoms with Crippen molar-refractivity contribution in [1.82, 2.24) is 0 Å². The summed E-state index contributed by atoms with van der Waals surface area (Å²) < 4.78 is 7.68. The molecule has 0 spiro atoms. The molecule has 0 aliphatic carbocycles. The van der Waals surface area contributed by atoms with Crippen LogP contribution in [0.5, 0.6) is 5.75 Å². The van der Waals surface area contributed by atoms with Crippen molar-refractivity contribution in [1.29, 1.82) is 0 Å². The van der Waals surface area contributed by atoms with Gasteiger partial charge in [-0.1, -0.05) is 55.6 Å². The summed E-state index contributed by atoms with van der Waals surface area (Å²) in [6, 6.07) is 13.5. The van der Waals surface area contributed by atoms with Gasteiger partial charge < -0.3 is 4.74 Å². The first kappa shape index (κ1) is 12.9. The van der Waals surface area contributed by atoms with E-state index in [-0.39, 0.29) is 0 Å². The zero-order valence-electron chi connectivity index (χ0n) is 8.79. The van der Waals surface area contributed by atoms with Crippen LogP contribution in [-0.4, -0.2) is 0 Å². The van der Waals surface area contributed by atoms with Crippen molar-refractivity contribution in [2.45, 2.75) is 6.61 Å². The van der Waals surface area contributed by atoms with E-state index >= 15 is 0 Å². The summed E-state index contributed by atoms with van der Waals surface area (Å²) in [6.07, 6.45) is 0. The first-order chi connectivity index (χ1) is 8.15. The number of rotatable bonds is 3. The van der Waals surface area contributed by atoms with E-state index in [1.54, 1.807) is 0 Å². The highest BCUT2D eigenvalue weighted by Crippen LogP contribution is 2.28. The fraction of sp³-hybridized carbons (Fsp3) is 0.0769. The van der Waals surface area contributed by atoms with Gasteiger partial charge in [0.05, 0.1) is 5.02 Å². The monoisotopic (exact) mass is 374 g/mol. The molecule has 4 heteroatoms. The van der Waals surface area contributed by atoms with Gasteiger partial charge in [0, 0.05) is 8.95 Å². The Kier molecular flexibility index (Phi) is 4.48. The fourth-order valence-electron chi connectivity index (χ4n) is 1.33. The van der Waals surface area contributed by atoms with Crippen LogP contribution in [0.2, 0.25) is 5.02 Å². The summed E-state index contributed by atoms with van der Waals surface area (Å²) >= 11 is 12.8. The van der Waals surface area contributed by atoms with E-state index in [1.165, 1.54) is 0 Å². The average molecular weight is 376 g/mol. The zero-order valence-corrected chi connectivity index (χ0v) is 12.7. The van der Waals surface area contributed by atoms with Crippen molar-refractivity contribution >= 4 is 43.5 Å². The highest BCUT2D eigenvalue weighted by Gasteiger charge is 2.02. The summed E-state index contributed by atoms with van der Waals surface area (Å²) in [7, 11) is 0. The Labute approximate surface area is 122 Å². The number of hydrogen-bond acceptors (Lipinski definition) is 1. The van der Waals surface area contributed by atoms with Gasteiger partial charge in [0.25, 0.3) is 0 Å². The summed E-state index contributed by atoms with van der Waals surface area (Å²) in [4.78, 5) is 0. The molecule has 0 aliphatic rings. The standard InChI is InChI=1S/C13H9Br2ClO/c14-10-3-1-9(2-4-10)8-17-13-7-11(15)5-6-12(13)16/h1-7H,8H2. The molecule has 0 aromatic heterocycles. The van der Waals surface area contributed by atoms with E-state index < -0.39 is 0 Å². The second-order valence-corrected chi connectivity index (χ2v) is 5.73. The first-order valence-corrected chi connectivity index (χ1v) is 6.94. The number of ether oxygens (including phenoxy) is 1. The van der Waals surface area contributed by atoms with Gasteiger partial charge in [-0.3, -0.25) is 0 Å². The van der Waals surface area contributed by atoms with Gasteiger partial charge in [0.15, 0.2) is 0 Å². The predicted molar refractivity (Wildman–Crippen MR) is 77.6 cm³/mol. The van der Waals surface area contributed by atoms with Crippen LogP contribution in [0.25, 0.3) is 0 Å². The fourth-order valence-corrected chi connectivity index (χ4v) is 2.11. The van der Waals surface area contributed by atoms with Crippen molar-refractivity contribution < 1.29 is 4.74 Å². The van der Waals surface area contributed by atoms with Gasteiger partial charge in [-0.05, 0) is 35.9 Å². The van der Waals surface area contributed by atoms with E-state index in [9.17, 15) is 0 Å². The van der Waals surface area contributed by atoms with Crippen molar-refractivity contribution in [3.05, 3.63) is 62.0 Å². The largest absolute Gasteiger partial charge is 0.487 e. The van der Waals surface area contributed by atoms with Crippen molar-refractivity contribution in [3.63, 3.8) is 0 Å². The molecule has 0 fully saturated rings. The Hall–Kier alpha value is -0.510. The van der Waals surface area contributed by atoms with Gasteiger partial charge in [-0.15, -0.1) is 0 Å². The Bertz CT molecular complexity index is 511. The van der Waals surface area contributed by atoms with Crippen LogP contribution in [0.15, 0.2) is 51.4 Å². The SMILES string of the molecule is Clc1ccc(Br)cc1OCc1ccc(Br)cc1. The molecule has 17 heavy (non-hydrogen) atoms. The van der Waals surface area contributed by atoms with Gasteiger partial charge in [0.2, 0.25) is 0 Å². The second kappa shape index (κ2) is 5.89. The normalized spacial score (nSPS) is 10.3. The summed E-state index contributed by atoms with van der Waals surface area (Å²) in [6.45, 7) is 0.503. The predicted octanol–water partition coefficient (Wildman–Crippen LogP) is 5.44. The molecular weight excluding hydrogens is 367 g/mol. The molecule has 1 nitrogen and oxygen atoms in total. The van der Waals surface area contributed by atoms with Crippen LogP contribution in [0.3, 0.4) is 0 Å². The van der Waals surface area contributed by atoms with Crippen LogP contribution in [0.4, 0.5) is 0 Å². The molecule has 0 saturated carbocycles. The van der Waals surface area contributed by atoms with Crippen LogP contribution in [0.1, 0.15) is 5.56 Å². The topological polar surface area (TPSA) is 9.23 Å². The molecule has 0 heterocycles. The molecular formula is C13H9Br2ClO. The molecule has 0 atom stereocenters. The van der Waals surface area contributed by atoms with Crippen molar-refractivity contribution in [3.8, 4) is 5.75 Å². The third-order valence-electron chi connectivity index (χ3n) is 2.20. The molecule has 0 unspecified atom stereocenters. The van der Waals surface area contributed by atoms with Crippen molar-refractivity contribution in [2.75, 3.05) is 0 Å². The summed E-state index contributed by atoms with van der Waals surface area (Å²) in [5, 5.41) is 0.616. The minimum atomic E-state index is 0.503. The van der Waals surface area contributed by atoms with Crippen LogP contribution in [0, 0.1) is 0 Å². The van der Waals surface area contributed by atoms with Crippen molar-refractivity contribution in [2.24, 2.45) is 0 Å². The third-order valence-corrected chi connectivity index (χ3v) is 3.54. The number of benzene rings is 2. The van der Waals surface area contributed by atoms with E-state index in [0.29, 0.717) is 17.4 Å². The van der Waals surface area contributed by atoms with E-state index in [0.717, 1.165) is 14.5 Å². The molecule has 0 saturated heterocycles. The number of hydrogen-bond donors (Lipinski definition) is 0. The molecule has 0 radical (unpaired) electrons. The molecule has 2 aromatic rings. The minimum Gasteiger partial charge on any atom is -0.487 e. The lowest BCUT2D eigenvalue weighted by molar-refractivity contribution is 0.306. The smallest absolute Gasteiger partial charge is 0.139 e. The Balaban J connectivity index is 2.07. The Morgan fingerprint density at radius 3 is 2.29 bits per heavy atom. The summed E-state index contributed by atoms with van der Waals surface area (Å²) in [5.41, 5.74) is 1.10. The Morgan fingerprint density at radius 2 is 1.59 bits per heavy atom. The van der Waals surface area contributed by atoms with Crippen LogP contribution < -0.4 is 4.74 Å². The molecule has 2 rings (SSSR count). The molecule has 2 aromatic carbocycles. The maximum Gasteiger partial charge on any atom is 0.139 e. The summed E-state index contributed by atoms with van der Waals surface area (Å²) in [5.74, 6) is 0.684. The van der Waals surface area contributed by atoms with E-state index in [4.69, 9.17) is 16.3 Å². The van der Waals surface area contributed by atoms with Crippen LogP contribution >= 0.6 is 43.5 Å². The lowest BCUT2D eigenvalue weighted by Crippen LogP contribution is -1.95. The Morgan fingerprint density at radius 1 is 0.941 bits per heavy atom. The third kappa shape index (κ3) is 3.73. The molecule has 0 bridgehead atoms. The highest BCUT2D eigenvalue weighted by atomic mass is 79.9. The maximum atomic E-state index is 6.03. The highest BCUT2D eigenvalue weighted by molar-refractivity contribution is 9.10. The van der Waals surface area contributed by atoms with Gasteiger partial charge >= 0.3 is 0 Å². The number of halogens is 3. The van der Waals surface area contributed by atoms with E-state index in [1.807, 2.05) is 42.5 Å². The van der Waals surface area contributed by atoms with E-state index in [2.05, 4.69) is 31.9 Å². The molecule has 0 amide bonds. The molecule has 0 aliphatic heterocycles. The molecule has 88 valence electrons. The quantitative estimate of drug-likeness (QED) is 0.693. The first-order valence-electron chi connectivity index (χ1n) is 4.97.